The van der Waals surface area contributed by atoms with Gasteiger partial charge in [-0.25, -0.2) is 0 Å². The number of rotatable bonds is 5. The highest BCUT2D eigenvalue weighted by Gasteiger charge is 2.19. The Morgan fingerprint density at radius 2 is 2.14 bits per heavy atom. The predicted octanol–water partition coefficient (Wildman–Crippen LogP) is 4.04. The lowest BCUT2D eigenvalue weighted by atomic mass is 10.2. The van der Waals surface area contributed by atoms with Crippen LogP contribution >= 0.6 is 38.9 Å². The Bertz CT molecular complexity index is 690. The minimum absolute atomic E-state index is 0.132. The van der Waals surface area contributed by atoms with Crippen LogP contribution in [0.15, 0.2) is 34.8 Å². The molecule has 1 N–H and O–H groups in total. The summed E-state index contributed by atoms with van der Waals surface area (Å²) in [4.78, 5) is 23.4. The smallest absolute Gasteiger partial charge is 0.284 e. The van der Waals surface area contributed by atoms with E-state index in [0.29, 0.717) is 17.3 Å². The van der Waals surface area contributed by atoms with Gasteiger partial charge in [0.2, 0.25) is 0 Å². The van der Waals surface area contributed by atoms with Crippen molar-refractivity contribution in [3.05, 3.63) is 59.7 Å². The number of amides is 1. The second-order valence-corrected chi connectivity index (χ2v) is 6.70. The van der Waals surface area contributed by atoms with Gasteiger partial charge in [-0.05, 0) is 40.5 Å². The van der Waals surface area contributed by atoms with Gasteiger partial charge in [0.15, 0.2) is 0 Å². The number of nitro groups is 1. The Morgan fingerprint density at radius 3 is 2.76 bits per heavy atom. The van der Waals surface area contributed by atoms with Gasteiger partial charge in [-0.15, -0.1) is 11.3 Å². The largest absolute Gasteiger partial charge is 0.352 e. The minimum Gasteiger partial charge on any atom is -0.352 e. The van der Waals surface area contributed by atoms with E-state index in [1.54, 1.807) is 6.07 Å². The zero-order valence-electron chi connectivity index (χ0n) is 10.6. The molecule has 1 aromatic heterocycles. The van der Waals surface area contributed by atoms with Crippen LogP contribution in [0.1, 0.15) is 15.2 Å². The number of halogens is 2. The lowest BCUT2D eigenvalue weighted by Gasteiger charge is -2.06. The average molecular weight is 390 g/mol. The van der Waals surface area contributed by atoms with Crippen LogP contribution in [0.3, 0.4) is 0 Å². The first-order chi connectivity index (χ1) is 9.99. The average Bonchev–Trinajstić information content (AvgIpc) is 2.84. The highest BCUT2D eigenvalue weighted by Crippen LogP contribution is 2.28. The summed E-state index contributed by atoms with van der Waals surface area (Å²) < 4.78 is 0.893. The highest BCUT2D eigenvalue weighted by molar-refractivity contribution is 9.10. The number of carbonyl (C=O) groups excluding carboxylic acids is 1. The molecule has 0 unspecified atom stereocenters. The molecule has 8 heteroatoms. The number of thiophene rings is 1. The molecule has 0 aliphatic carbocycles. The van der Waals surface area contributed by atoms with E-state index in [4.69, 9.17) is 11.6 Å². The SMILES string of the molecule is O=C(NCCc1ccc(Cl)s1)c1cccc([N+](=O)[O-])c1Br. The van der Waals surface area contributed by atoms with Crippen molar-refractivity contribution in [2.24, 2.45) is 0 Å². The molecule has 2 aromatic rings. The van der Waals surface area contributed by atoms with Gasteiger partial charge < -0.3 is 5.32 Å². The van der Waals surface area contributed by atoms with Crippen molar-refractivity contribution in [3.63, 3.8) is 0 Å². The summed E-state index contributed by atoms with van der Waals surface area (Å²) in [6, 6.07) is 8.07. The van der Waals surface area contributed by atoms with E-state index in [0.717, 1.165) is 4.88 Å². The number of nitrogens with one attached hydrogen (secondary N) is 1. The van der Waals surface area contributed by atoms with Crippen LogP contribution in [0.5, 0.6) is 0 Å². The molecule has 110 valence electrons. The van der Waals surface area contributed by atoms with E-state index in [-0.39, 0.29) is 21.6 Å². The number of hydrogen-bond donors (Lipinski definition) is 1. The van der Waals surface area contributed by atoms with Crippen LogP contribution in [-0.2, 0) is 6.42 Å². The second-order valence-electron chi connectivity index (χ2n) is 4.11. The maximum absolute atomic E-state index is 12.0. The summed E-state index contributed by atoms with van der Waals surface area (Å²) in [6.07, 6.45) is 0.662. The Labute approximate surface area is 138 Å². The molecular weight excluding hydrogens is 380 g/mol. The highest BCUT2D eigenvalue weighted by atomic mass is 79.9. The maximum atomic E-state index is 12.0. The molecule has 1 aromatic carbocycles. The van der Waals surface area contributed by atoms with Crippen LogP contribution < -0.4 is 5.32 Å². The molecule has 1 heterocycles. The van der Waals surface area contributed by atoms with Crippen molar-refractivity contribution in [3.8, 4) is 0 Å². The lowest BCUT2D eigenvalue weighted by Crippen LogP contribution is -2.26. The Morgan fingerprint density at radius 1 is 1.38 bits per heavy atom. The molecule has 0 saturated heterocycles. The molecule has 0 radical (unpaired) electrons. The number of nitrogens with zero attached hydrogens (tertiary/aromatic N) is 1. The fourth-order valence-corrected chi connectivity index (χ4v) is 3.39. The van der Waals surface area contributed by atoms with Gasteiger partial charge in [0.25, 0.3) is 11.6 Å². The van der Waals surface area contributed by atoms with Crippen LogP contribution in [0.25, 0.3) is 0 Å². The van der Waals surface area contributed by atoms with E-state index in [9.17, 15) is 14.9 Å². The lowest BCUT2D eigenvalue weighted by molar-refractivity contribution is -0.385. The summed E-state index contributed by atoms with van der Waals surface area (Å²) >= 11 is 10.4. The Kier molecular flexibility index (Phi) is 5.33. The van der Waals surface area contributed by atoms with Crippen molar-refractivity contribution in [1.82, 2.24) is 5.32 Å². The molecule has 2 rings (SSSR count). The fourth-order valence-electron chi connectivity index (χ4n) is 1.72. The third-order valence-corrected chi connectivity index (χ3v) is 4.83. The monoisotopic (exact) mass is 388 g/mol. The fraction of sp³-hybridized carbons (Fsp3) is 0.154. The quantitative estimate of drug-likeness (QED) is 0.619. The predicted molar refractivity (Wildman–Crippen MR) is 86.2 cm³/mol. The van der Waals surface area contributed by atoms with Gasteiger partial charge in [0.05, 0.1) is 14.8 Å². The van der Waals surface area contributed by atoms with Crippen LogP contribution in [-0.4, -0.2) is 17.4 Å². The van der Waals surface area contributed by atoms with Crippen LogP contribution in [0.2, 0.25) is 4.34 Å². The number of hydrogen-bond acceptors (Lipinski definition) is 4. The third-order valence-electron chi connectivity index (χ3n) is 2.71. The molecule has 0 spiro atoms. The molecule has 0 fully saturated rings. The first kappa shape index (κ1) is 15.9. The molecule has 21 heavy (non-hydrogen) atoms. The maximum Gasteiger partial charge on any atom is 0.284 e. The van der Waals surface area contributed by atoms with Gasteiger partial charge in [-0.1, -0.05) is 17.7 Å². The second kappa shape index (κ2) is 7.02. The minimum atomic E-state index is -0.533. The van der Waals surface area contributed by atoms with Gasteiger partial charge in [-0.3, -0.25) is 14.9 Å². The third kappa shape index (κ3) is 4.03. The van der Waals surface area contributed by atoms with E-state index in [2.05, 4.69) is 21.2 Å². The summed E-state index contributed by atoms with van der Waals surface area (Å²) in [5, 5.41) is 13.6. The van der Waals surface area contributed by atoms with E-state index < -0.39 is 4.92 Å². The molecule has 5 nitrogen and oxygen atoms in total. The summed E-state index contributed by atoms with van der Waals surface area (Å²) in [5.41, 5.74) is 0.112. The standard InChI is InChI=1S/C13H10BrClN2O3S/c14-12-9(2-1-3-10(12)17(19)20)13(18)16-7-6-8-4-5-11(15)21-8/h1-5H,6-7H2,(H,16,18). The van der Waals surface area contributed by atoms with Gasteiger partial charge in [0.1, 0.15) is 4.47 Å². The number of nitro benzene ring substituents is 1. The first-order valence-electron chi connectivity index (χ1n) is 5.94. The number of benzene rings is 1. The van der Waals surface area contributed by atoms with Crippen molar-refractivity contribution in [2.75, 3.05) is 6.54 Å². The van der Waals surface area contributed by atoms with E-state index >= 15 is 0 Å². The zero-order valence-corrected chi connectivity index (χ0v) is 13.8. The zero-order chi connectivity index (χ0) is 15.4. The van der Waals surface area contributed by atoms with Gasteiger partial charge >= 0.3 is 0 Å². The van der Waals surface area contributed by atoms with Gasteiger partial charge in [0, 0.05) is 17.5 Å². The molecule has 0 bridgehead atoms. The summed E-state index contributed by atoms with van der Waals surface area (Å²) in [6.45, 7) is 0.435. The molecule has 0 saturated carbocycles. The molecule has 0 aliphatic rings. The molecule has 1 amide bonds. The molecular formula is C13H10BrClN2O3S. The van der Waals surface area contributed by atoms with E-state index in [1.165, 1.54) is 29.5 Å². The summed E-state index contributed by atoms with van der Waals surface area (Å²) in [5.74, 6) is -0.353. The van der Waals surface area contributed by atoms with Crippen molar-refractivity contribution in [2.45, 2.75) is 6.42 Å². The van der Waals surface area contributed by atoms with Crippen molar-refractivity contribution >= 4 is 50.5 Å². The van der Waals surface area contributed by atoms with Crippen LogP contribution in [0.4, 0.5) is 5.69 Å². The van der Waals surface area contributed by atoms with Gasteiger partial charge in [-0.2, -0.15) is 0 Å². The van der Waals surface area contributed by atoms with Crippen molar-refractivity contribution in [1.29, 1.82) is 0 Å². The molecule has 0 atom stereocenters. The van der Waals surface area contributed by atoms with Crippen molar-refractivity contribution < 1.29 is 9.72 Å². The topological polar surface area (TPSA) is 72.2 Å². The van der Waals surface area contributed by atoms with E-state index in [1.807, 2.05) is 6.07 Å². The number of carbonyl (C=O) groups is 1. The Balaban J connectivity index is 2.00. The first-order valence-corrected chi connectivity index (χ1v) is 7.93. The Hall–Kier alpha value is -1.44. The normalized spacial score (nSPS) is 10.4. The van der Waals surface area contributed by atoms with Crippen LogP contribution in [0, 0.1) is 10.1 Å². The summed E-state index contributed by atoms with van der Waals surface area (Å²) in [7, 11) is 0. The molecule has 0 aliphatic heterocycles.